The van der Waals surface area contributed by atoms with Gasteiger partial charge in [0.1, 0.15) is 5.82 Å². The topological polar surface area (TPSA) is 18.5 Å². The summed E-state index contributed by atoms with van der Waals surface area (Å²) in [6.45, 7) is 1.27. The number of hydrogen-bond donors (Lipinski definition) is 0. The van der Waals surface area contributed by atoms with Crippen LogP contribution in [0.3, 0.4) is 0 Å². The largest absolute Gasteiger partial charge is 0.382 e. The second-order valence-corrected chi connectivity index (χ2v) is 3.70. The van der Waals surface area contributed by atoms with Gasteiger partial charge in [0.05, 0.1) is 19.8 Å². The number of methoxy groups -OCH3 is 1. The molecule has 1 aromatic carbocycles. The maximum atomic E-state index is 13.1. The van der Waals surface area contributed by atoms with Gasteiger partial charge in [0.15, 0.2) is 0 Å². The van der Waals surface area contributed by atoms with Crippen molar-refractivity contribution in [1.82, 2.24) is 0 Å². The highest BCUT2D eigenvalue weighted by atomic mass is 79.9. The monoisotopic (exact) mass is 262 g/mol. The van der Waals surface area contributed by atoms with E-state index in [1.54, 1.807) is 19.2 Å². The Balaban J connectivity index is 2.45. The van der Waals surface area contributed by atoms with E-state index in [1.165, 1.54) is 6.07 Å². The van der Waals surface area contributed by atoms with Gasteiger partial charge in [0.2, 0.25) is 0 Å². The molecule has 1 rings (SSSR count). The molecular weight excluding hydrogens is 251 g/mol. The van der Waals surface area contributed by atoms with Gasteiger partial charge >= 0.3 is 0 Å². The molecule has 0 unspecified atom stereocenters. The molecule has 1 aromatic rings. The Bertz CT molecular complexity index is 291. The van der Waals surface area contributed by atoms with Gasteiger partial charge in [-0.15, -0.1) is 0 Å². The molecular formula is C10H12BrFO2. The van der Waals surface area contributed by atoms with E-state index in [9.17, 15) is 4.39 Å². The van der Waals surface area contributed by atoms with E-state index in [-0.39, 0.29) is 12.4 Å². The Morgan fingerprint density at radius 1 is 1.36 bits per heavy atom. The summed E-state index contributed by atoms with van der Waals surface area (Å²) in [5.74, 6) is -0.245. The Kier molecular flexibility index (Phi) is 5.07. The van der Waals surface area contributed by atoms with Crippen LogP contribution in [-0.4, -0.2) is 20.3 Å². The third kappa shape index (κ3) is 3.74. The van der Waals surface area contributed by atoms with Crippen molar-refractivity contribution in [3.05, 3.63) is 34.1 Å². The molecule has 0 saturated carbocycles. The SMILES string of the molecule is COCCOCc1cc(Br)ccc1F. The quantitative estimate of drug-likeness (QED) is 0.760. The maximum Gasteiger partial charge on any atom is 0.128 e. The van der Waals surface area contributed by atoms with Crippen molar-refractivity contribution in [1.29, 1.82) is 0 Å². The van der Waals surface area contributed by atoms with Crippen LogP contribution in [0, 0.1) is 5.82 Å². The summed E-state index contributed by atoms with van der Waals surface area (Å²) in [5.41, 5.74) is 0.551. The first-order valence-electron chi connectivity index (χ1n) is 4.24. The fourth-order valence-corrected chi connectivity index (χ4v) is 1.39. The predicted octanol–water partition coefficient (Wildman–Crippen LogP) is 2.75. The van der Waals surface area contributed by atoms with Crippen LogP contribution in [0.1, 0.15) is 5.56 Å². The highest BCUT2D eigenvalue weighted by Crippen LogP contribution is 2.16. The maximum absolute atomic E-state index is 13.1. The Hall–Kier alpha value is -0.450. The van der Waals surface area contributed by atoms with Crippen molar-refractivity contribution < 1.29 is 13.9 Å². The minimum absolute atomic E-state index is 0.245. The molecule has 0 aliphatic carbocycles. The summed E-state index contributed by atoms with van der Waals surface area (Å²) in [6.07, 6.45) is 0. The summed E-state index contributed by atoms with van der Waals surface area (Å²) < 4.78 is 24.0. The van der Waals surface area contributed by atoms with Crippen LogP contribution in [0.4, 0.5) is 4.39 Å². The van der Waals surface area contributed by atoms with Crippen molar-refractivity contribution >= 4 is 15.9 Å². The summed E-state index contributed by atoms with van der Waals surface area (Å²) >= 11 is 3.27. The zero-order valence-electron chi connectivity index (χ0n) is 7.93. The highest BCUT2D eigenvalue weighted by molar-refractivity contribution is 9.10. The molecule has 2 nitrogen and oxygen atoms in total. The number of hydrogen-bond acceptors (Lipinski definition) is 2. The van der Waals surface area contributed by atoms with E-state index in [0.29, 0.717) is 18.8 Å². The standard InChI is InChI=1S/C10H12BrFO2/c1-13-4-5-14-7-8-6-9(11)2-3-10(8)12/h2-3,6H,4-5,7H2,1H3. The zero-order valence-corrected chi connectivity index (χ0v) is 9.51. The van der Waals surface area contributed by atoms with Gasteiger partial charge in [-0.3, -0.25) is 0 Å². The van der Waals surface area contributed by atoms with Crippen LogP contribution < -0.4 is 0 Å². The van der Waals surface area contributed by atoms with Gasteiger partial charge in [-0.05, 0) is 18.2 Å². The molecule has 0 aliphatic rings. The van der Waals surface area contributed by atoms with E-state index in [0.717, 1.165) is 4.47 Å². The van der Waals surface area contributed by atoms with Gasteiger partial charge in [-0.25, -0.2) is 4.39 Å². The molecule has 78 valence electrons. The molecule has 0 heterocycles. The van der Waals surface area contributed by atoms with Crippen LogP contribution in [0.5, 0.6) is 0 Å². The summed E-state index contributed by atoms with van der Waals surface area (Å²) in [6, 6.07) is 4.79. The van der Waals surface area contributed by atoms with Gasteiger partial charge in [-0.2, -0.15) is 0 Å². The Morgan fingerprint density at radius 3 is 2.86 bits per heavy atom. The predicted molar refractivity (Wildman–Crippen MR) is 55.6 cm³/mol. The molecule has 0 amide bonds. The third-order valence-corrected chi connectivity index (χ3v) is 2.19. The number of benzene rings is 1. The molecule has 0 aromatic heterocycles. The molecule has 0 bridgehead atoms. The van der Waals surface area contributed by atoms with E-state index < -0.39 is 0 Å². The third-order valence-electron chi connectivity index (χ3n) is 1.70. The van der Waals surface area contributed by atoms with Crippen molar-refractivity contribution in [2.45, 2.75) is 6.61 Å². The first kappa shape index (κ1) is 11.6. The molecule has 0 saturated heterocycles. The van der Waals surface area contributed by atoms with Crippen LogP contribution >= 0.6 is 15.9 Å². The van der Waals surface area contributed by atoms with Crippen LogP contribution in [0.15, 0.2) is 22.7 Å². The first-order chi connectivity index (χ1) is 6.74. The second-order valence-electron chi connectivity index (χ2n) is 2.78. The van der Waals surface area contributed by atoms with Crippen LogP contribution in [0.2, 0.25) is 0 Å². The second kappa shape index (κ2) is 6.11. The van der Waals surface area contributed by atoms with Gasteiger partial charge in [0.25, 0.3) is 0 Å². The number of rotatable bonds is 5. The molecule has 0 aliphatic heterocycles. The smallest absolute Gasteiger partial charge is 0.128 e. The fourth-order valence-electron chi connectivity index (χ4n) is 0.978. The lowest BCUT2D eigenvalue weighted by Gasteiger charge is -2.05. The van der Waals surface area contributed by atoms with Gasteiger partial charge < -0.3 is 9.47 Å². The first-order valence-corrected chi connectivity index (χ1v) is 5.04. The normalized spacial score (nSPS) is 10.5. The van der Waals surface area contributed by atoms with Crippen LogP contribution in [0.25, 0.3) is 0 Å². The minimum atomic E-state index is -0.245. The average molecular weight is 263 g/mol. The number of ether oxygens (including phenoxy) is 2. The molecule has 0 radical (unpaired) electrons. The van der Waals surface area contributed by atoms with E-state index in [4.69, 9.17) is 9.47 Å². The molecule has 14 heavy (non-hydrogen) atoms. The van der Waals surface area contributed by atoms with E-state index in [2.05, 4.69) is 15.9 Å². The lowest BCUT2D eigenvalue weighted by Crippen LogP contribution is -2.03. The zero-order chi connectivity index (χ0) is 10.4. The average Bonchev–Trinajstić information content (AvgIpc) is 2.18. The van der Waals surface area contributed by atoms with Crippen molar-refractivity contribution in [3.8, 4) is 0 Å². The molecule has 0 atom stereocenters. The minimum Gasteiger partial charge on any atom is -0.382 e. The van der Waals surface area contributed by atoms with E-state index in [1.807, 2.05) is 0 Å². The molecule has 4 heteroatoms. The van der Waals surface area contributed by atoms with Crippen molar-refractivity contribution in [2.75, 3.05) is 20.3 Å². The molecule has 0 fully saturated rings. The summed E-state index contributed by atoms with van der Waals surface area (Å²) in [5, 5.41) is 0. The highest BCUT2D eigenvalue weighted by Gasteiger charge is 2.02. The van der Waals surface area contributed by atoms with E-state index >= 15 is 0 Å². The number of halogens is 2. The van der Waals surface area contributed by atoms with Crippen molar-refractivity contribution in [2.24, 2.45) is 0 Å². The van der Waals surface area contributed by atoms with Crippen molar-refractivity contribution in [3.63, 3.8) is 0 Å². The Labute approximate surface area is 91.2 Å². The van der Waals surface area contributed by atoms with Gasteiger partial charge in [-0.1, -0.05) is 15.9 Å². The van der Waals surface area contributed by atoms with Gasteiger partial charge in [0, 0.05) is 17.1 Å². The fraction of sp³-hybridized carbons (Fsp3) is 0.400. The summed E-state index contributed by atoms with van der Waals surface area (Å²) in [7, 11) is 1.60. The summed E-state index contributed by atoms with van der Waals surface area (Å²) in [4.78, 5) is 0. The lowest BCUT2D eigenvalue weighted by molar-refractivity contribution is 0.0604. The molecule has 0 N–H and O–H groups in total. The molecule has 0 spiro atoms. The van der Waals surface area contributed by atoms with Crippen LogP contribution in [-0.2, 0) is 16.1 Å². The Morgan fingerprint density at radius 2 is 2.14 bits per heavy atom. The lowest BCUT2D eigenvalue weighted by atomic mass is 10.2.